The van der Waals surface area contributed by atoms with E-state index in [4.69, 9.17) is 0 Å². The number of rotatable bonds is 8. The molecule has 2 aromatic rings. The standard InChI is InChI=1S/C18H23N5O2/c1-4-6-13(3)21-16-9-7-14(11-20-16)15-8-10-18(25)23(22-15)12-17(24)19-5-2/h7-11H,3-6,12H2,1-2H3,(H,19,24)(H,20,21). The molecule has 0 aliphatic heterocycles. The average Bonchev–Trinajstić information content (AvgIpc) is 2.58. The highest BCUT2D eigenvalue weighted by Gasteiger charge is 2.08. The quantitative estimate of drug-likeness (QED) is 0.768. The fraction of sp³-hybridized carbons (Fsp3) is 0.333. The van der Waals surface area contributed by atoms with Crippen molar-refractivity contribution in [3.8, 4) is 11.3 Å². The van der Waals surface area contributed by atoms with Gasteiger partial charge in [-0.2, -0.15) is 5.10 Å². The van der Waals surface area contributed by atoms with E-state index in [1.807, 2.05) is 19.1 Å². The summed E-state index contributed by atoms with van der Waals surface area (Å²) < 4.78 is 1.15. The van der Waals surface area contributed by atoms with E-state index in [1.54, 1.807) is 12.3 Å². The van der Waals surface area contributed by atoms with Gasteiger partial charge in [-0.05, 0) is 31.5 Å². The molecule has 0 aliphatic rings. The Labute approximate surface area is 146 Å². The van der Waals surface area contributed by atoms with Crippen LogP contribution in [0.15, 0.2) is 47.5 Å². The van der Waals surface area contributed by atoms with Crippen LogP contribution in [-0.2, 0) is 11.3 Å². The van der Waals surface area contributed by atoms with E-state index in [1.165, 1.54) is 6.07 Å². The smallest absolute Gasteiger partial charge is 0.267 e. The van der Waals surface area contributed by atoms with E-state index in [9.17, 15) is 9.59 Å². The third-order valence-electron chi connectivity index (χ3n) is 3.45. The molecule has 0 fully saturated rings. The predicted molar refractivity (Wildman–Crippen MR) is 98.1 cm³/mol. The number of anilines is 1. The lowest BCUT2D eigenvalue weighted by Crippen LogP contribution is -2.33. The van der Waals surface area contributed by atoms with Crippen LogP contribution in [0.1, 0.15) is 26.7 Å². The van der Waals surface area contributed by atoms with Gasteiger partial charge in [-0.1, -0.05) is 19.9 Å². The first-order valence-corrected chi connectivity index (χ1v) is 8.29. The molecule has 132 valence electrons. The molecule has 0 atom stereocenters. The van der Waals surface area contributed by atoms with Crippen LogP contribution in [0, 0.1) is 0 Å². The Balaban J connectivity index is 2.17. The monoisotopic (exact) mass is 341 g/mol. The number of amides is 1. The second-order valence-electron chi connectivity index (χ2n) is 5.58. The van der Waals surface area contributed by atoms with Gasteiger partial charge in [0.15, 0.2) is 0 Å². The molecule has 2 rings (SSSR count). The van der Waals surface area contributed by atoms with Crippen molar-refractivity contribution in [1.29, 1.82) is 0 Å². The van der Waals surface area contributed by atoms with Crippen LogP contribution in [0.25, 0.3) is 11.3 Å². The van der Waals surface area contributed by atoms with Gasteiger partial charge in [-0.15, -0.1) is 0 Å². The molecule has 0 radical (unpaired) electrons. The van der Waals surface area contributed by atoms with Crippen molar-refractivity contribution in [2.24, 2.45) is 0 Å². The number of hydrogen-bond donors (Lipinski definition) is 2. The number of nitrogens with one attached hydrogen (secondary N) is 2. The van der Waals surface area contributed by atoms with E-state index >= 15 is 0 Å². The van der Waals surface area contributed by atoms with Crippen LogP contribution in [0.2, 0.25) is 0 Å². The van der Waals surface area contributed by atoms with Crippen molar-refractivity contribution in [2.45, 2.75) is 33.2 Å². The van der Waals surface area contributed by atoms with Crippen molar-refractivity contribution in [1.82, 2.24) is 20.1 Å². The Kier molecular flexibility index (Phi) is 6.45. The molecule has 1 amide bonds. The molecule has 7 heteroatoms. The largest absolute Gasteiger partial charge is 0.355 e. The van der Waals surface area contributed by atoms with Gasteiger partial charge in [0.2, 0.25) is 5.91 Å². The molecule has 0 spiro atoms. The van der Waals surface area contributed by atoms with Gasteiger partial charge in [0, 0.05) is 30.1 Å². The summed E-state index contributed by atoms with van der Waals surface area (Å²) in [6.07, 6.45) is 3.57. The van der Waals surface area contributed by atoms with Crippen molar-refractivity contribution in [3.63, 3.8) is 0 Å². The normalized spacial score (nSPS) is 10.3. The molecule has 2 aromatic heterocycles. The van der Waals surface area contributed by atoms with Crippen molar-refractivity contribution in [2.75, 3.05) is 11.9 Å². The van der Waals surface area contributed by atoms with E-state index < -0.39 is 0 Å². The fourth-order valence-corrected chi connectivity index (χ4v) is 2.27. The van der Waals surface area contributed by atoms with E-state index in [-0.39, 0.29) is 18.0 Å². The van der Waals surface area contributed by atoms with Crippen LogP contribution < -0.4 is 16.2 Å². The van der Waals surface area contributed by atoms with Crippen LogP contribution in [-0.4, -0.2) is 27.2 Å². The summed E-state index contributed by atoms with van der Waals surface area (Å²) in [5, 5.41) is 10.0. The first-order valence-electron chi connectivity index (χ1n) is 8.29. The van der Waals surface area contributed by atoms with Crippen LogP contribution >= 0.6 is 0 Å². The van der Waals surface area contributed by atoms with Crippen molar-refractivity contribution < 1.29 is 4.79 Å². The number of aromatic nitrogens is 3. The van der Waals surface area contributed by atoms with Crippen molar-refractivity contribution >= 4 is 11.7 Å². The number of allylic oxidation sites excluding steroid dienone is 1. The Morgan fingerprint density at radius 3 is 2.68 bits per heavy atom. The first kappa shape index (κ1) is 18.4. The molecule has 25 heavy (non-hydrogen) atoms. The molecular weight excluding hydrogens is 318 g/mol. The molecule has 0 aliphatic carbocycles. The number of carbonyl (C=O) groups excluding carboxylic acids is 1. The van der Waals surface area contributed by atoms with Gasteiger partial charge < -0.3 is 10.6 Å². The highest BCUT2D eigenvalue weighted by atomic mass is 16.2. The zero-order chi connectivity index (χ0) is 18.2. The first-order chi connectivity index (χ1) is 12.0. The van der Waals surface area contributed by atoms with Crippen LogP contribution in [0.4, 0.5) is 5.82 Å². The minimum absolute atomic E-state index is 0.107. The van der Waals surface area contributed by atoms with E-state index in [0.717, 1.165) is 28.8 Å². The highest BCUT2D eigenvalue weighted by molar-refractivity contribution is 5.75. The predicted octanol–water partition coefficient (Wildman–Crippen LogP) is 2.17. The maximum absolute atomic E-state index is 11.9. The minimum Gasteiger partial charge on any atom is -0.355 e. The number of pyridine rings is 1. The second-order valence-corrected chi connectivity index (χ2v) is 5.58. The summed E-state index contributed by atoms with van der Waals surface area (Å²) in [5.74, 6) is 0.458. The topological polar surface area (TPSA) is 88.9 Å². The van der Waals surface area contributed by atoms with Crippen LogP contribution in [0.3, 0.4) is 0 Å². The van der Waals surface area contributed by atoms with Gasteiger partial charge in [-0.25, -0.2) is 9.67 Å². The molecule has 0 bridgehead atoms. The SMILES string of the molecule is C=C(CCC)Nc1ccc(-c2ccc(=O)n(CC(=O)NCC)n2)cn1. The Bertz CT molecular complexity index is 796. The summed E-state index contributed by atoms with van der Waals surface area (Å²) in [5.41, 5.74) is 1.93. The Morgan fingerprint density at radius 2 is 2.04 bits per heavy atom. The number of carbonyl (C=O) groups is 1. The minimum atomic E-state index is -0.322. The summed E-state index contributed by atoms with van der Waals surface area (Å²) in [4.78, 5) is 27.9. The summed E-state index contributed by atoms with van der Waals surface area (Å²) in [6, 6.07) is 6.71. The van der Waals surface area contributed by atoms with Gasteiger partial charge >= 0.3 is 0 Å². The number of likely N-dealkylation sites (N-methyl/N-ethyl adjacent to an activating group) is 1. The molecular formula is C18H23N5O2. The van der Waals surface area contributed by atoms with Crippen molar-refractivity contribution in [3.05, 3.63) is 53.1 Å². The number of hydrogen-bond acceptors (Lipinski definition) is 5. The molecule has 0 saturated carbocycles. The third kappa shape index (κ3) is 5.27. The fourth-order valence-electron chi connectivity index (χ4n) is 2.27. The molecule has 0 unspecified atom stereocenters. The van der Waals surface area contributed by atoms with Crippen LogP contribution in [0.5, 0.6) is 0 Å². The lowest BCUT2D eigenvalue weighted by atomic mass is 10.2. The molecule has 0 saturated heterocycles. The molecule has 2 N–H and O–H groups in total. The van der Waals surface area contributed by atoms with Gasteiger partial charge in [-0.3, -0.25) is 9.59 Å². The average molecular weight is 341 g/mol. The van der Waals surface area contributed by atoms with Gasteiger partial charge in [0.25, 0.3) is 5.56 Å². The second kappa shape index (κ2) is 8.77. The third-order valence-corrected chi connectivity index (χ3v) is 3.45. The molecule has 7 nitrogen and oxygen atoms in total. The Hall–Kier alpha value is -2.96. The van der Waals surface area contributed by atoms with E-state index in [2.05, 4.69) is 34.2 Å². The van der Waals surface area contributed by atoms with Gasteiger partial charge in [0.05, 0.1) is 5.69 Å². The van der Waals surface area contributed by atoms with Gasteiger partial charge in [0.1, 0.15) is 12.4 Å². The highest BCUT2D eigenvalue weighted by Crippen LogP contribution is 2.17. The number of nitrogens with zero attached hydrogens (tertiary/aromatic N) is 3. The molecule has 2 heterocycles. The summed E-state index contributed by atoms with van der Waals surface area (Å²) >= 11 is 0. The lowest BCUT2D eigenvalue weighted by molar-refractivity contribution is -0.121. The zero-order valence-electron chi connectivity index (χ0n) is 14.6. The Morgan fingerprint density at radius 1 is 1.24 bits per heavy atom. The maximum atomic E-state index is 11.9. The summed E-state index contributed by atoms with van der Waals surface area (Å²) in [6.45, 7) is 8.26. The van der Waals surface area contributed by atoms with E-state index in [0.29, 0.717) is 18.1 Å². The molecule has 0 aromatic carbocycles. The zero-order valence-corrected chi connectivity index (χ0v) is 14.6. The maximum Gasteiger partial charge on any atom is 0.267 e. The lowest BCUT2D eigenvalue weighted by Gasteiger charge is -2.09. The summed E-state index contributed by atoms with van der Waals surface area (Å²) in [7, 11) is 0.